The van der Waals surface area contributed by atoms with Crippen molar-refractivity contribution >= 4 is 15.9 Å². The zero-order chi connectivity index (χ0) is 14.4. The van der Waals surface area contributed by atoms with Crippen molar-refractivity contribution in [3.8, 4) is 5.75 Å². The summed E-state index contributed by atoms with van der Waals surface area (Å²) in [4.78, 5) is 0.483. The summed E-state index contributed by atoms with van der Waals surface area (Å²) < 4.78 is 5.99. The predicted octanol–water partition coefficient (Wildman–Crippen LogP) is 5.81. The highest BCUT2D eigenvalue weighted by atomic mass is 79.9. The average molecular weight is 337 g/mol. The molecule has 0 spiro atoms. The zero-order valence-corrected chi connectivity index (χ0v) is 14.4. The van der Waals surface area contributed by atoms with Crippen molar-refractivity contribution < 1.29 is 4.74 Å². The molecule has 1 saturated carbocycles. The maximum absolute atomic E-state index is 5.99. The number of benzene rings is 1. The summed E-state index contributed by atoms with van der Waals surface area (Å²) in [7, 11) is 0. The Bertz CT molecular complexity index is 500. The number of fused-ring (bicyclic) bond motifs is 1. The quantitative estimate of drug-likeness (QED) is 0.633. The lowest BCUT2D eigenvalue weighted by Gasteiger charge is -2.33. The van der Waals surface area contributed by atoms with E-state index in [0.717, 1.165) is 12.2 Å². The zero-order valence-electron chi connectivity index (χ0n) is 12.8. The molecule has 2 aliphatic rings. The average Bonchev–Trinajstić information content (AvgIpc) is 2.99. The maximum atomic E-state index is 5.99. The minimum absolute atomic E-state index is 0.0431. The molecule has 0 amide bonds. The lowest BCUT2D eigenvalue weighted by molar-refractivity contribution is 0.138. The fourth-order valence-electron chi connectivity index (χ4n) is 4.01. The molecule has 2 heteroatoms. The molecule has 0 bridgehead atoms. The first-order chi connectivity index (χ1) is 9.46. The topological polar surface area (TPSA) is 9.23 Å². The Hall–Kier alpha value is -0.500. The van der Waals surface area contributed by atoms with E-state index < -0.39 is 0 Å². The molecule has 1 heterocycles. The molecule has 3 rings (SSSR count). The van der Waals surface area contributed by atoms with Gasteiger partial charge in [-0.3, -0.25) is 0 Å². The fourth-order valence-corrected chi connectivity index (χ4v) is 5.07. The van der Waals surface area contributed by atoms with Gasteiger partial charge in [0.15, 0.2) is 0 Å². The summed E-state index contributed by atoms with van der Waals surface area (Å²) in [5.74, 6) is 1.08. The molecule has 0 aromatic heterocycles. The molecule has 1 aromatic rings. The van der Waals surface area contributed by atoms with Gasteiger partial charge < -0.3 is 4.74 Å². The second kappa shape index (κ2) is 5.05. The highest BCUT2D eigenvalue weighted by Gasteiger charge is 2.40. The van der Waals surface area contributed by atoms with Crippen LogP contribution in [0, 0.1) is 5.41 Å². The number of alkyl halides is 1. The van der Waals surface area contributed by atoms with Crippen molar-refractivity contribution in [1.29, 1.82) is 0 Å². The molecule has 1 nitrogen and oxygen atoms in total. The maximum Gasteiger partial charge on any atom is 0.123 e. The summed E-state index contributed by atoms with van der Waals surface area (Å²) in [6.07, 6.45) is 7.78. The lowest BCUT2D eigenvalue weighted by Crippen LogP contribution is -2.24. The molecule has 1 unspecified atom stereocenters. The van der Waals surface area contributed by atoms with Crippen LogP contribution in [0.15, 0.2) is 18.2 Å². The van der Waals surface area contributed by atoms with Gasteiger partial charge in [0.25, 0.3) is 0 Å². The minimum atomic E-state index is -0.0431. The van der Waals surface area contributed by atoms with Crippen LogP contribution in [-0.4, -0.2) is 5.60 Å². The Morgan fingerprint density at radius 3 is 2.60 bits per heavy atom. The SMILES string of the molecule is CCC1(C(Br)c2ccc3c(c2)CC(C)(C)O3)CCCC1. The van der Waals surface area contributed by atoms with E-state index in [-0.39, 0.29) is 5.60 Å². The van der Waals surface area contributed by atoms with Crippen LogP contribution in [0.3, 0.4) is 0 Å². The predicted molar refractivity (Wildman–Crippen MR) is 87.7 cm³/mol. The molecule has 1 aliphatic heterocycles. The van der Waals surface area contributed by atoms with E-state index in [2.05, 4.69) is 54.9 Å². The molecule has 110 valence electrons. The van der Waals surface area contributed by atoms with E-state index in [1.807, 2.05) is 0 Å². The van der Waals surface area contributed by atoms with Gasteiger partial charge >= 0.3 is 0 Å². The third-order valence-corrected chi connectivity index (χ3v) is 6.72. The van der Waals surface area contributed by atoms with E-state index in [1.54, 1.807) is 0 Å². The van der Waals surface area contributed by atoms with Gasteiger partial charge in [-0.2, -0.15) is 0 Å². The number of rotatable bonds is 3. The van der Waals surface area contributed by atoms with Crippen molar-refractivity contribution in [2.75, 3.05) is 0 Å². The van der Waals surface area contributed by atoms with Gasteiger partial charge in [0.05, 0.1) is 0 Å². The molecule has 0 radical (unpaired) electrons. The van der Waals surface area contributed by atoms with Crippen LogP contribution in [0.4, 0.5) is 0 Å². The van der Waals surface area contributed by atoms with Crippen LogP contribution in [-0.2, 0) is 6.42 Å². The Labute approximate surface area is 131 Å². The Balaban J connectivity index is 1.89. The van der Waals surface area contributed by atoms with Crippen LogP contribution in [0.5, 0.6) is 5.75 Å². The normalized spacial score (nSPS) is 24.2. The first kappa shape index (κ1) is 14.4. The van der Waals surface area contributed by atoms with Crippen molar-refractivity contribution in [3.05, 3.63) is 29.3 Å². The van der Waals surface area contributed by atoms with Crippen molar-refractivity contribution in [2.24, 2.45) is 5.41 Å². The molecule has 0 saturated heterocycles. The van der Waals surface area contributed by atoms with Gasteiger partial charge in [-0.05, 0) is 55.7 Å². The molecular weight excluding hydrogens is 312 g/mol. The third-order valence-electron chi connectivity index (χ3n) is 5.22. The summed E-state index contributed by atoms with van der Waals surface area (Å²) in [5, 5.41) is 0. The van der Waals surface area contributed by atoms with Gasteiger partial charge in [-0.25, -0.2) is 0 Å². The molecule has 20 heavy (non-hydrogen) atoms. The van der Waals surface area contributed by atoms with E-state index in [4.69, 9.17) is 4.74 Å². The number of hydrogen-bond acceptors (Lipinski definition) is 1. The minimum Gasteiger partial charge on any atom is -0.487 e. The second-order valence-corrected chi connectivity index (χ2v) is 8.11. The number of hydrogen-bond donors (Lipinski definition) is 0. The van der Waals surface area contributed by atoms with Gasteiger partial charge in [0.2, 0.25) is 0 Å². The van der Waals surface area contributed by atoms with Crippen LogP contribution in [0.1, 0.15) is 68.8 Å². The Morgan fingerprint density at radius 1 is 1.25 bits per heavy atom. The Morgan fingerprint density at radius 2 is 1.95 bits per heavy atom. The number of ether oxygens (including phenoxy) is 1. The molecule has 1 fully saturated rings. The van der Waals surface area contributed by atoms with Gasteiger partial charge in [-0.1, -0.05) is 47.8 Å². The van der Waals surface area contributed by atoms with Crippen LogP contribution in [0.2, 0.25) is 0 Å². The van der Waals surface area contributed by atoms with E-state index in [9.17, 15) is 0 Å². The van der Waals surface area contributed by atoms with Crippen LogP contribution < -0.4 is 4.74 Å². The summed E-state index contributed by atoms with van der Waals surface area (Å²) in [6.45, 7) is 6.69. The molecule has 1 aromatic carbocycles. The van der Waals surface area contributed by atoms with E-state index >= 15 is 0 Å². The van der Waals surface area contributed by atoms with Crippen molar-refractivity contribution in [1.82, 2.24) is 0 Å². The van der Waals surface area contributed by atoms with E-state index in [0.29, 0.717) is 10.2 Å². The lowest BCUT2D eigenvalue weighted by atomic mass is 9.77. The van der Waals surface area contributed by atoms with Gasteiger partial charge in [-0.15, -0.1) is 0 Å². The van der Waals surface area contributed by atoms with Crippen LogP contribution in [0.25, 0.3) is 0 Å². The second-order valence-electron chi connectivity index (χ2n) is 7.19. The van der Waals surface area contributed by atoms with Crippen molar-refractivity contribution in [3.63, 3.8) is 0 Å². The standard InChI is InChI=1S/C18H25BrO/c1-4-18(9-5-6-10-18)16(19)13-7-8-15-14(11-13)12-17(2,3)20-15/h7-8,11,16H,4-6,9-10,12H2,1-3H3. The molecule has 0 N–H and O–H groups in total. The van der Waals surface area contributed by atoms with Crippen molar-refractivity contribution in [2.45, 2.75) is 69.7 Å². The fraction of sp³-hybridized carbons (Fsp3) is 0.667. The molecule has 1 atom stereocenters. The number of halogens is 1. The largest absolute Gasteiger partial charge is 0.487 e. The van der Waals surface area contributed by atoms with Crippen LogP contribution >= 0.6 is 15.9 Å². The molecule has 1 aliphatic carbocycles. The smallest absolute Gasteiger partial charge is 0.123 e. The van der Waals surface area contributed by atoms with Gasteiger partial charge in [0, 0.05) is 11.2 Å². The van der Waals surface area contributed by atoms with E-state index in [1.165, 1.54) is 43.2 Å². The van der Waals surface area contributed by atoms with Gasteiger partial charge in [0.1, 0.15) is 11.4 Å². The summed E-state index contributed by atoms with van der Waals surface area (Å²) >= 11 is 4.03. The molecular formula is C18H25BrO. The summed E-state index contributed by atoms with van der Waals surface area (Å²) in [6, 6.07) is 6.81. The Kier molecular flexibility index (Phi) is 3.64. The highest BCUT2D eigenvalue weighted by Crippen LogP contribution is 2.54. The highest BCUT2D eigenvalue weighted by molar-refractivity contribution is 9.09. The third kappa shape index (κ3) is 2.41. The summed E-state index contributed by atoms with van der Waals surface area (Å²) in [5.41, 5.74) is 3.23. The first-order valence-corrected chi connectivity index (χ1v) is 8.83. The first-order valence-electron chi connectivity index (χ1n) is 7.92. The monoisotopic (exact) mass is 336 g/mol.